The molecule has 11 nitrogen and oxygen atoms in total. The van der Waals surface area contributed by atoms with Gasteiger partial charge < -0.3 is 20.3 Å². The lowest BCUT2D eigenvalue weighted by molar-refractivity contribution is -0.384. The fraction of sp³-hybridized carbons (Fsp3) is 0.500. The second-order valence-corrected chi connectivity index (χ2v) is 7.10. The molecule has 1 aromatic carbocycles. The van der Waals surface area contributed by atoms with Crippen molar-refractivity contribution in [3.63, 3.8) is 0 Å². The summed E-state index contributed by atoms with van der Waals surface area (Å²) in [7, 11) is 0. The summed E-state index contributed by atoms with van der Waals surface area (Å²) >= 11 is 0. The number of carbonyl (C=O) groups excluding carboxylic acids is 2. The van der Waals surface area contributed by atoms with Crippen LogP contribution in [0.2, 0.25) is 0 Å². The van der Waals surface area contributed by atoms with Gasteiger partial charge in [0.15, 0.2) is 5.96 Å². The lowest BCUT2D eigenvalue weighted by atomic mass is 10.2. The van der Waals surface area contributed by atoms with Gasteiger partial charge in [0.2, 0.25) is 0 Å². The first-order valence-electron chi connectivity index (χ1n) is 9.44. The zero-order chi connectivity index (χ0) is 21.0. The predicted octanol–water partition coefficient (Wildman–Crippen LogP) is 1.72. The predicted molar refractivity (Wildman–Crippen MR) is 103 cm³/mol. The van der Waals surface area contributed by atoms with Crippen molar-refractivity contribution in [1.82, 2.24) is 14.7 Å². The summed E-state index contributed by atoms with van der Waals surface area (Å²) in [5.74, 6) is -0.445. The van der Waals surface area contributed by atoms with Gasteiger partial charge in [-0.25, -0.2) is 14.5 Å². The molecule has 0 bridgehead atoms. The smallest absolute Gasteiger partial charge is 0.417 e. The number of guanidine groups is 1. The molecule has 3 amide bonds. The van der Waals surface area contributed by atoms with Gasteiger partial charge >= 0.3 is 12.1 Å². The first-order chi connectivity index (χ1) is 13.9. The summed E-state index contributed by atoms with van der Waals surface area (Å²) in [6, 6.07) is 5.16. The van der Waals surface area contributed by atoms with Crippen molar-refractivity contribution in [1.29, 1.82) is 5.41 Å². The van der Waals surface area contributed by atoms with Crippen LogP contribution in [-0.4, -0.2) is 69.9 Å². The third-order valence-corrected chi connectivity index (χ3v) is 5.14. The molecule has 1 aromatic rings. The Kier molecular flexibility index (Phi) is 6.15. The average molecular weight is 404 g/mol. The molecule has 0 spiro atoms. The number of urea groups is 1. The minimum Gasteiger partial charge on any atom is -0.444 e. The largest absolute Gasteiger partial charge is 0.444 e. The Morgan fingerprint density at radius 3 is 2.45 bits per heavy atom. The molecular weight excluding hydrogens is 380 g/mol. The van der Waals surface area contributed by atoms with E-state index in [-0.39, 0.29) is 18.3 Å². The van der Waals surface area contributed by atoms with Crippen LogP contribution in [0.5, 0.6) is 0 Å². The number of rotatable bonds is 4. The van der Waals surface area contributed by atoms with E-state index in [1.807, 2.05) is 0 Å². The van der Waals surface area contributed by atoms with Gasteiger partial charge in [-0.15, -0.1) is 0 Å². The number of hydrogen-bond acceptors (Lipinski definition) is 6. The highest BCUT2D eigenvalue weighted by molar-refractivity contribution is 5.92. The second kappa shape index (κ2) is 8.76. The number of likely N-dealkylation sites (tertiary alicyclic amines) is 2. The van der Waals surface area contributed by atoms with E-state index in [4.69, 9.17) is 15.9 Å². The molecule has 2 heterocycles. The van der Waals surface area contributed by atoms with Gasteiger partial charge in [-0.05, 0) is 37.0 Å². The zero-order valence-electron chi connectivity index (χ0n) is 16.0. The highest BCUT2D eigenvalue weighted by Gasteiger charge is 2.37. The number of nitrogens with one attached hydrogen (secondary N) is 1. The van der Waals surface area contributed by atoms with E-state index >= 15 is 0 Å². The number of amides is 3. The molecule has 0 aromatic heterocycles. The first-order valence-corrected chi connectivity index (χ1v) is 9.44. The third-order valence-electron chi connectivity index (χ3n) is 5.14. The maximum absolute atomic E-state index is 12.5. The topological polar surface area (TPSA) is 146 Å². The number of nitro groups is 1. The number of nitrogens with zero attached hydrogens (tertiary/aromatic N) is 4. The van der Waals surface area contributed by atoms with E-state index < -0.39 is 23.0 Å². The lowest BCUT2D eigenvalue weighted by Gasteiger charge is -2.28. The molecule has 0 unspecified atom stereocenters. The maximum Gasteiger partial charge on any atom is 0.417 e. The molecule has 1 atom stereocenters. The minimum atomic E-state index is -0.781. The van der Waals surface area contributed by atoms with Crippen molar-refractivity contribution in [2.45, 2.75) is 31.9 Å². The van der Waals surface area contributed by atoms with Gasteiger partial charge in [-0.1, -0.05) is 0 Å². The van der Waals surface area contributed by atoms with E-state index in [1.165, 1.54) is 24.3 Å². The van der Waals surface area contributed by atoms with Crippen LogP contribution in [0.3, 0.4) is 0 Å². The van der Waals surface area contributed by atoms with E-state index in [2.05, 4.69) is 0 Å². The molecule has 3 N–H and O–H groups in total. The zero-order valence-corrected chi connectivity index (χ0v) is 16.0. The van der Waals surface area contributed by atoms with Gasteiger partial charge in [0.1, 0.15) is 6.61 Å². The fourth-order valence-electron chi connectivity index (χ4n) is 3.61. The maximum atomic E-state index is 12.5. The van der Waals surface area contributed by atoms with Crippen LogP contribution in [0.25, 0.3) is 0 Å². The number of carbonyl (C=O) groups is 2. The molecule has 29 heavy (non-hydrogen) atoms. The van der Waals surface area contributed by atoms with Gasteiger partial charge in [-0.2, -0.15) is 0 Å². The van der Waals surface area contributed by atoms with E-state index in [0.29, 0.717) is 25.1 Å². The molecule has 11 heteroatoms. The summed E-state index contributed by atoms with van der Waals surface area (Å²) in [5.41, 5.74) is 6.12. The van der Waals surface area contributed by atoms with Crippen molar-refractivity contribution in [3.05, 3.63) is 39.9 Å². The molecule has 3 rings (SSSR count). The van der Waals surface area contributed by atoms with Crippen molar-refractivity contribution in [3.8, 4) is 0 Å². The molecule has 2 aliphatic heterocycles. The van der Waals surface area contributed by atoms with Crippen molar-refractivity contribution >= 4 is 23.8 Å². The molecule has 2 aliphatic rings. The Balaban J connectivity index is 1.57. The number of nitrogens with two attached hydrogens (primary N) is 1. The number of ether oxygens (including phenoxy) is 1. The van der Waals surface area contributed by atoms with E-state index in [1.54, 1.807) is 9.80 Å². The van der Waals surface area contributed by atoms with Crippen LogP contribution in [0, 0.1) is 15.5 Å². The van der Waals surface area contributed by atoms with Crippen LogP contribution >= 0.6 is 0 Å². The Bertz CT molecular complexity index is 792. The summed E-state index contributed by atoms with van der Waals surface area (Å²) < 4.78 is 5.24. The molecule has 156 valence electrons. The standard InChI is InChI=1S/C18H24N6O5/c19-16(20)23(15-7-10-22(11-15)17(25)21-8-1-2-9-21)18(26)29-12-13-3-5-14(6-4-13)24(27)28/h3-6,15H,1-2,7-12H2,(H3,19,20)/t15-/m1/s1. The average Bonchev–Trinajstić information content (AvgIpc) is 3.38. The van der Waals surface area contributed by atoms with Gasteiger partial charge in [0.25, 0.3) is 5.69 Å². The second-order valence-electron chi connectivity index (χ2n) is 7.10. The fourth-order valence-corrected chi connectivity index (χ4v) is 3.61. The monoisotopic (exact) mass is 404 g/mol. The van der Waals surface area contributed by atoms with Crippen molar-refractivity contribution < 1.29 is 19.2 Å². The highest BCUT2D eigenvalue weighted by Crippen LogP contribution is 2.20. The number of benzene rings is 1. The van der Waals surface area contributed by atoms with Crippen LogP contribution < -0.4 is 5.73 Å². The summed E-state index contributed by atoms with van der Waals surface area (Å²) in [4.78, 5) is 39.8. The van der Waals surface area contributed by atoms with Crippen LogP contribution in [-0.2, 0) is 11.3 Å². The van der Waals surface area contributed by atoms with E-state index in [9.17, 15) is 19.7 Å². The molecule has 2 fully saturated rings. The quantitative estimate of drug-likeness (QED) is 0.338. The van der Waals surface area contributed by atoms with Crippen molar-refractivity contribution in [2.75, 3.05) is 26.2 Å². The van der Waals surface area contributed by atoms with Crippen LogP contribution in [0.4, 0.5) is 15.3 Å². The Morgan fingerprint density at radius 2 is 1.86 bits per heavy atom. The van der Waals surface area contributed by atoms with Gasteiger partial charge in [0.05, 0.1) is 11.0 Å². The Labute approximate surface area is 167 Å². The number of non-ortho nitro benzene ring substituents is 1. The van der Waals surface area contributed by atoms with Crippen LogP contribution in [0.1, 0.15) is 24.8 Å². The minimum absolute atomic E-state index is 0.0484. The summed E-state index contributed by atoms with van der Waals surface area (Å²) in [6.45, 7) is 2.16. The Morgan fingerprint density at radius 1 is 1.21 bits per heavy atom. The number of nitro benzene ring substituents is 1. The molecule has 0 radical (unpaired) electrons. The molecule has 0 aliphatic carbocycles. The third kappa shape index (κ3) is 4.73. The molecule has 2 saturated heterocycles. The Hall–Kier alpha value is -3.37. The van der Waals surface area contributed by atoms with Gasteiger partial charge in [0, 0.05) is 38.3 Å². The number of hydrogen-bond donors (Lipinski definition) is 2. The van der Waals surface area contributed by atoms with E-state index in [0.717, 1.165) is 30.8 Å². The van der Waals surface area contributed by atoms with Crippen LogP contribution in [0.15, 0.2) is 24.3 Å². The highest BCUT2D eigenvalue weighted by atomic mass is 16.6. The first kappa shape index (κ1) is 20.4. The summed E-state index contributed by atoms with van der Waals surface area (Å²) in [6.07, 6.45) is 1.72. The molecule has 0 saturated carbocycles. The summed E-state index contributed by atoms with van der Waals surface area (Å²) in [5, 5.41) is 18.5. The van der Waals surface area contributed by atoms with Gasteiger partial charge in [-0.3, -0.25) is 15.5 Å². The normalized spacial score (nSPS) is 18.6. The lowest BCUT2D eigenvalue weighted by Crippen LogP contribution is -2.50. The van der Waals surface area contributed by atoms with Crippen molar-refractivity contribution in [2.24, 2.45) is 5.73 Å². The SMILES string of the molecule is N=C(N)N(C(=O)OCc1ccc([N+](=O)[O-])cc1)[C@@H]1CCN(C(=O)N2CCCC2)C1. The molecular formula is C18H24N6O5.